The number of amides is 1. The molecule has 2 rings (SSSR count). The van der Waals surface area contributed by atoms with Crippen molar-refractivity contribution >= 4 is 11.6 Å². The summed E-state index contributed by atoms with van der Waals surface area (Å²) in [4.78, 5) is 14.9. The van der Waals surface area contributed by atoms with Gasteiger partial charge in [-0.3, -0.25) is 4.79 Å². The second kappa shape index (κ2) is 5.90. The minimum absolute atomic E-state index is 0.274. The Hall–Kier alpha value is -2.50. The van der Waals surface area contributed by atoms with Crippen LogP contribution in [0, 0.1) is 11.8 Å². The average molecular weight is 264 g/mol. The number of pyridine rings is 1. The molecule has 0 spiro atoms. The Morgan fingerprint density at radius 1 is 1.26 bits per heavy atom. The first kappa shape index (κ1) is 12.9. The van der Waals surface area contributed by atoms with Gasteiger partial charge in [0, 0.05) is 5.69 Å². The van der Waals surface area contributed by atoms with Crippen LogP contribution in [-0.4, -0.2) is 17.5 Å². The van der Waals surface area contributed by atoms with E-state index in [-0.39, 0.29) is 12.4 Å². The lowest BCUT2D eigenvalue weighted by atomic mass is 10.3. The average Bonchev–Trinajstić information content (AvgIpc) is 2.38. The van der Waals surface area contributed by atoms with Crippen molar-refractivity contribution in [1.82, 2.24) is 4.98 Å². The molecule has 0 saturated heterocycles. The van der Waals surface area contributed by atoms with E-state index >= 15 is 0 Å². The second-order valence-corrected chi connectivity index (χ2v) is 3.66. The molecule has 2 aromatic rings. The van der Waals surface area contributed by atoms with Crippen LogP contribution in [0.15, 0.2) is 42.6 Å². The van der Waals surface area contributed by atoms with Crippen molar-refractivity contribution in [3.8, 4) is 5.75 Å². The maximum atomic E-state index is 12.9. The van der Waals surface area contributed by atoms with Crippen LogP contribution < -0.4 is 10.1 Å². The van der Waals surface area contributed by atoms with Gasteiger partial charge in [0.2, 0.25) is 5.95 Å². The molecule has 6 heteroatoms. The van der Waals surface area contributed by atoms with Gasteiger partial charge >= 0.3 is 0 Å². The second-order valence-electron chi connectivity index (χ2n) is 3.66. The Bertz CT molecular complexity index is 573. The van der Waals surface area contributed by atoms with Crippen LogP contribution in [-0.2, 0) is 4.79 Å². The van der Waals surface area contributed by atoms with Gasteiger partial charge in [-0.05, 0) is 30.3 Å². The predicted molar refractivity (Wildman–Crippen MR) is 64.7 cm³/mol. The van der Waals surface area contributed by atoms with Crippen LogP contribution in [0.1, 0.15) is 0 Å². The monoisotopic (exact) mass is 264 g/mol. The van der Waals surface area contributed by atoms with Crippen molar-refractivity contribution in [2.24, 2.45) is 0 Å². The fourth-order valence-electron chi connectivity index (χ4n) is 1.36. The number of aromatic nitrogens is 1. The Labute approximate surface area is 108 Å². The first-order valence-corrected chi connectivity index (χ1v) is 5.43. The van der Waals surface area contributed by atoms with Crippen LogP contribution >= 0.6 is 0 Å². The van der Waals surface area contributed by atoms with E-state index in [4.69, 9.17) is 4.74 Å². The number of nitrogens with zero attached hydrogens (tertiary/aromatic N) is 1. The molecule has 0 bridgehead atoms. The van der Waals surface area contributed by atoms with Crippen molar-refractivity contribution in [3.63, 3.8) is 0 Å². The summed E-state index contributed by atoms with van der Waals surface area (Å²) in [6, 6.07) is 7.99. The molecule has 0 unspecified atom stereocenters. The molecule has 0 atom stereocenters. The highest BCUT2D eigenvalue weighted by atomic mass is 19.1. The van der Waals surface area contributed by atoms with Gasteiger partial charge in [-0.2, -0.15) is 4.39 Å². The lowest BCUT2D eigenvalue weighted by molar-refractivity contribution is -0.118. The first-order chi connectivity index (χ1) is 9.13. The van der Waals surface area contributed by atoms with E-state index in [0.29, 0.717) is 5.69 Å². The third-order valence-electron chi connectivity index (χ3n) is 2.18. The smallest absolute Gasteiger partial charge is 0.262 e. The number of carbonyl (C=O) groups is 1. The quantitative estimate of drug-likeness (QED) is 0.862. The highest BCUT2D eigenvalue weighted by Crippen LogP contribution is 2.10. The van der Waals surface area contributed by atoms with E-state index in [1.807, 2.05) is 0 Å². The molecule has 0 radical (unpaired) electrons. The largest absolute Gasteiger partial charge is 0.482 e. The SMILES string of the molecule is O=C(COc1ccc(F)nc1)Nc1cccc(F)c1. The highest BCUT2D eigenvalue weighted by molar-refractivity contribution is 5.91. The molecule has 98 valence electrons. The first-order valence-electron chi connectivity index (χ1n) is 5.43. The number of halogens is 2. The van der Waals surface area contributed by atoms with Gasteiger partial charge in [-0.25, -0.2) is 9.37 Å². The fraction of sp³-hybridized carbons (Fsp3) is 0.0769. The van der Waals surface area contributed by atoms with Gasteiger partial charge in [0.05, 0.1) is 6.20 Å². The van der Waals surface area contributed by atoms with Gasteiger partial charge in [-0.15, -0.1) is 0 Å². The number of hydrogen-bond donors (Lipinski definition) is 1. The predicted octanol–water partition coefficient (Wildman–Crippen LogP) is 2.38. The zero-order valence-corrected chi connectivity index (χ0v) is 9.77. The molecule has 1 N–H and O–H groups in total. The molecule has 0 saturated carbocycles. The number of anilines is 1. The molecule has 1 amide bonds. The number of rotatable bonds is 4. The molecule has 19 heavy (non-hydrogen) atoms. The van der Waals surface area contributed by atoms with Crippen LogP contribution in [0.3, 0.4) is 0 Å². The molecule has 0 aliphatic rings. The number of benzene rings is 1. The lowest BCUT2D eigenvalue weighted by Crippen LogP contribution is -2.20. The summed E-state index contributed by atoms with van der Waals surface area (Å²) in [5.74, 6) is -1.25. The minimum atomic E-state index is -0.628. The molecule has 4 nitrogen and oxygen atoms in total. The van der Waals surface area contributed by atoms with Gasteiger partial charge in [0.1, 0.15) is 11.6 Å². The van der Waals surface area contributed by atoms with E-state index in [0.717, 1.165) is 6.07 Å². The molecular weight excluding hydrogens is 254 g/mol. The van der Waals surface area contributed by atoms with E-state index in [1.54, 1.807) is 6.07 Å². The van der Waals surface area contributed by atoms with Gasteiger partial charge in [-0.1, -0.05) is 6.07 Å². The van der Waals surface area contributed by atoms with Crippen LogP contribution in [0.2, 0.25) is 0 Å². The number of nitrogens with one attached hydrogen (secondary N) is 1. The summed E-state index contributed by atoms with van der Waals surface area (Å²) in [5.41, 5.74) is 0.339. The zero-order chi connectivity index (χ0) is 13.7. The van der Waals surface area contributed by atoms with Crippen molar-refractivity contribution in [1.29, 1.82) is 0 Å². The fourth-order valence-corrected chi connectivity index (χ4v) is 1.36. The van der Waals surface area contributed by atoms with Crippen molar-refractivity contribution in [3.05, 3.63) is 54.4 Å². The maximum Gasteiger partial charge on any atom is 0.262 e. The Morgan fingerprint density at radius 3 is 2.79 bits per heavy atom. The Kier molecular flexibility index (Phi) is 4.02. The highest BCUT2D eigenvalue weighted by Gasteiger charge is 2.04. The normalized spacial score (nSPS) is 10.0. The van der Waals surface area contributed by atoms with Crippen LogP contribution in [0.25, 0.3) is 0 Å². The summed E-state index contributed by atoms with van der Waals surface area (Å²) in [6.45, 7) is -0.274. The van der Waals surface area contributed by atoms with Crippen LogP contribution in [0.4, 0.5) is 14.5 Å². The maximum absolute atomic E-state index is 12.9. The summed E-state index contributed by atoms with van der Waals surface area (Å²) >= 11 is 0. The molecule has 1 heterocycles. The van der Waals surface area contributed by atoms with Gasteiger partial charge < -0.3 is 10.1 Å². The van der Waals surface area contributed by atoms with E-state index in [9.17, 15) is 13.6 Å². The summed E-state index contributed by atoms with van der Waals surface area (Å²) in [7, 11) is 0. The third kappa shape index (κ3) is 4.02. The van der Waals surface area contributed by atoms with Gasteiger partial charge in [0.15, 0.2) is 6.61 Å². The molecule has 1 aromatic heterocycles. The van der Waals surface area contributed by atoms with Crippen LogP contribution in [0.5, 0.6) is 5.75 Å². The summed E-state index contributed by atoms with van der Waals surface area (Å²) < 4.78 is 30.5. The molecule has 0 fully saturated rings. The van der Waals surface area contributed by atoms with Crippen molar-refractivity contribution in [2.75, 3.05) is 11.9 Å². The lowest BCUT2D eigenvalue weighted by Gasteiger charge is -2.07. The van der Waals surface area contributed by atoms with E-state index in [1.165, 1.54) is 30.5 Å². The molecule has 1 aromatic carbocycles. The van der Waals surface area contributed by atoms with E-state index in [2.05, 4.69) is 10.3 Å². The van der Waals surface area contributed by atoms with Crippen molar-refractivity contribution < 1.29 is 18.3 Å². The topological polar surface area (TPSA) is 51.2 Å². The standard InChI is InChI=1S/C13H10F2N2O2/c14-9-2-1-3-10(6-9)17-13(18)8-19-11-4-5-12(15)16-7-11/h1-7H,8H2,(H,17,18). The molecular formula is C13H10F2N2O2. The third-order valence-corrected chi connectivity index (χ3v) is 2.18. The Balaban J connectivity index is 1.86. The number of hydrogen-bond acceptors (Lipinski definition) is 3. The number of ether oxygens (including phenoxy) is 1. The Morgan fingerprint density at radius 2 is 2.11 bits per heavy atom. The van der Waals surface area contributed by atoms with E-state index < -0.39 is 17.7 Å². The minimum Gasteiger partial charge on any atom is -0.482 e. The van der Waals surface area contributed by atoms with Gasteiger partial charge in [0.25, 0.3) is 5.91 Å². The van der Waals surface area contributed by atoms with Crippen molar-refractivity contribution in [2.45, 2.75) is 0 Å². The number of carbonyl (C=O) groups excluding carboxylic acids is 1. The summed E-state index contributed by atoms with van der Waals surface area (Å²) in [6.07, 6.45) is 1.17. The zero-order valence-electron chi connectivity index (χ0n) is 9.77. The molecule has 0 aliphatic heterocycles. The summed E-state index contributed by atoms with van der Waals surface area (Å²) in [5, 5.41) is 2.47. The molecule has 0 aliphatic carbocycles.